The summed E-state index contributed by atoms with van der Waals surface area (Å²) >= 11 is 0. The van der Waals surface area contributed by atoms with Crippen molar-refractivity contribution in [3.63, 3.8) is 0 Å². The number of piperazine rings is 2. The number of ketones is 1. The van der Waals surface area contributed by atoms with E-state index in [-0.39, 0.29) is 25.3 Å². The number of hydrogen-bond acceptors (Lipinski definition) is 11. The van der Waals surface area contributed by atoms with Crippen molar-refractivity contribution in [1.29, 1.82) is 2.86 Å². The molecule has 4 aromatic rings. The lowest BCUT2D eigenvalue weighted by Crippen LogP contribution is -2.46. The Hall–Kier alpha value is -6.19. The van der Waals surface area contributed by atoms with E-state index in [4.69, 9.17) is 2.86 Å². The lowest BCUT2D eigenvalue weighted by molar-refractivity contribution is -0.115. The molecule has 0 spiro atoms. The molecule has 2 saturated heterocycles. The Balaban J connectivity index is 0.000000414. The fourth-order valence-corrected chi connectivity index (χ4v) is 7.13. The minimum absolute atomic E-state index is 0. The number of urea groups is 2. The lowest BCUT2D eigenvalue weighted by Gasteiger charge is -2.37. The maximum Gasteiger partial charge on any atom is 0.324 e. The third-order valence-electron chi connectivity index (χ3n) is 11.1. The first-order valence-corrected chi connectivity index (χ1v) is 22.5. The SMILES string of the molecule is C.CC.CC(C)=O.[2H]Oc1ccc(N2CCN(c3ccc(N(C)C(=O)N(C)CN(C)C(C)C)cc3)CC2)cc1.[2H]Oc1ccc(N2CCN(c3ccc(N(C)C(=O)N(C)CNC)cc3)CC2)cc1. The van der Waals surface area contributed by atoms with Crippen LogP contribution in [0.3, 0.4) is 0 Å². The highest BCUT2D eigenvalue weighted by atomic mass is 16.3. The van der Waals surface area contributed by atoms with Crippen molar-refractivity contribution >= 4 is 52.0 Å². The van der Waals surface area contributed by atoms with Crippen LogP contribution in [-0.2, 0) is 4.79 Å². The zero-order valence-corrected chi connectivity index (χ0v) is 41.0. The molecule has 2 fully saturated rings. The number of benzene rings is 4. The number of carbonyl (C=O) groups excluding carboxylic acids is 3. The van der Waals surface area contributed by atoms with Gasteiger partial charge in [0.25, 0.3) is 2.86 Å². The standard InChI is InChI=1S/C24H35N5O2.C21H29N5O2.C3H6O.C2H6.CH4/c1-19(2)25(3)18-26(4)24(31)27(5)20-6-8-21(9-7-20)28-14-16-29(17-15-28)22-10-12-23(30)13-11-22;1-22-16-23(2)21(28)24(3)17-4-6-18(7-5-17)25-12-14-26(15-13-25)19-8-10-20(27)11-9-19;1-3(2)4;1-2;/h6-13,19,30H,14-18H2,1-5H3;4-11,22,27H,12-16H2,1-3H3;1-2H3;1-2H3;1H4/i/hD2. The molecule has 0 aromatic heterocycles. The van der Waals surface area contributed by atoms with Crippen molar-refractivity contribution < 1.29 is 24.6 Å². The molecule has 0 atom stereocenters. The number of nitrogens with zero attached hydrogens (tertiary/aromatic N) is 9. The number of phenols is 2. The van der Waals surface area contributed by atoms with E-state index in [2.05, 4.69) is 78.1 Å². The molecular weight excluding hydrogens is 833 g/mol. The van der Waals surface area contributed by atoms with Crippen molar-refractivity contribution in [2.24, 2.45) is 0 Å². The molecule has 0 saturated carbocycles. The Morgan fingerprint density at radius 1 is 0.561 bits per heavy atom. The summed E-state index contributed by atoms with van der Waals surface area (Å²) in [4.78, 5) is 52.9. The monoisotopic (exact) mass is 915 g/mol. The van der Waals surface area contributed by atoms with Crippen LogP contribution in [0.2, 0.25) is 0 Å². The first kappa shape index (κ1) is 52.4. The molecule has 2 aliphatic heterocycles. The van der Waals surface area contributed by atoms with Gasteiger partial charge in [0, 0.05) is 121 Å². The molecule has 2 heterocycles. The number of Topliss-reactive ketones (excluding diaryl/α,β-unsaturated/α-hetero) is 1. The van der Waals surface area contributed by atoms with Crippen molar-refractivity contribution in [2.45, 2.75) is 55.0 Å². The van der Waals surface area contributed by atoms with Crippen LogP contribution in [0.15, 0.2) is 97.1 Å². The van der Waals surface area contributed by atoms with Gasteiger partial charge in [0.2, 0.25) is 0 Å². The lowest BCUT2D eigenvalue weighted by atomic mass is 10.2. The second-order valence-electron chi connectivity index (χ2n) is 16.5. The summed E-state index contributed by atoms with van der Waals surface area (Å²) in [5, 5.41) is 12.0. The van der Waals surface area contributed by atoms with Crippen LogP contribution in [0.1, 0.15) is 49.0 Å². The predicted molar refractivity (Wildman–Crippen MR) is 277 cm³/mol. The maximum absolute atomic E-state index is 12.8. The smallest absolute Gasteiger partial charge is 0.324 e. The maximum atomic E-state index is 12.8. The fourth-order valence-electron chi connectivity index (χ4n) is 7.13. The normalized spacial score (nSPS) is 13.5. The molecule has 6 rings (SSSR count). The van der Waals surface area contributed by atoms with Gasteiger partial charge in [0.15, 0.2) is 0 Å². The molecular formula is C51H80N10O5. The van der Waals surface area contributed by atoms with E-state index in [1.165, 1.54) is 19.5 Å². The molecule has 4 aromatic carbocycles. The molecule has 66 heavy (non-hydrogen) atoms. The van der Waals surface area contributed by atoms with Crippen LogP contribution < -0.4 is 34.7 Å². The van der Waals surface area contributed by atoms with Gasteiger partial charge in [-0.1, -0.05) is 21.3 Å². The molecule has 0 bridgehead atoms. The third-order valence-corrected chi connectivity index (χ3v) is 11.1. The van der Waals surface area contributed by atoms with E-state index in [1.807, 2.05) is 115 Å². The van der Waals surface area contributed by atoms with Crippen LogP contribution in [0.4, 0.5) is 43.7 Å². The van der Waals surface area contributed by atoms with Gasteiger partial charge in [-0.3, -0.25) is 14.7 Å². The van der Waals surface area contributed by atoms with Gasteiger partial charge in [0.05, 0.1) is 13.3 Å². The summed E-state index contributed by atoms with van der Waals surface area (Å²) in [5.41, 5.74) is 6.38. The van der Waals surface area contributed by atoms with Gasteiger partial charge >= 0.3 is 12.1 Å². The van der Waals surface area contributed by atoms with Crippen molar-refractivity contribution in [3.8, 4) is 11.5 Å². The van der Waals surface area contributed by atoms with E-state index in [0.717, 1.165) is 80.8 Å². The van der Waals surface area contributed by atoms with Crippen LogP contribution in [-0.4, -0.2) is 160 Å². The van der Waals surface area contributed by atoms with Gasteiger partial charge in [-0.05, 0) is 139 Å². The Labute approximate surface area is 399 Å². The molecule has 364 valence electrons. The highest BCUT2D eigenvalue weighted by Gasteiger charge is 2.22. The predicted octanol–water partition coefficient (Wildman–Crippen LogP) is 8.15. The van der Waals surface area contributed by atoms with Crippen LogP contribution in [0.5, 0.6) is 11.5 Å². The minimum Gasteiger partial charge on any atom is -0.508 e. The quantitative estimate of drug-likeness (QED) is 0.112. The number of rotatable bonds is 13. The topological polar surface area (TPSA) is 133 Å². The molecule has 0 radical (unpaired) electrons. The minimum atomic E-state index is -0.0532. The average molecular weight is 915 g/mol. The average Bonchev–Trinajstić information content (AvgIpc) is 3.36. The van der Waals surface area contributed by atoms with E-state index in [9.17, 15) is 14.4 Å². The fraction of sp³-hybridized carbons (Fsp3) is 0.471. The summed E-state index contributed by atoms with van der Waals surface area (Å²) in [6.07, 6.45) is 0. The third kappa shape index (κ3) is 17.0. The van der Waals surface area contributed by atoms with Crippen molar-refractivity contribution in [2.75, 3.05) is 137 Å². The Bertz CT molecular complexity index is 2040. The molecule has 3 N–H and O–H groups in total. The molecule has 2 aliphatic rings. The number of hydrogen-bond donors (Lipinski definition) is 3. The van der Waals surface area contributed by atoms with E-state index >= 15 is 0 Å². The van der Waals surface area contributed by atoms with E-state index in [1.54, 1.807) is 33.7 Å². The summed E-state index contributed by atoms with van der Waals surface area (Å²) < 4.78 is 13.9. The first-order chi connectivity index (χ1) is 32.1. The molecule has 15 nitrogen and oxygen atoms in total. The second-order valence-corrected chi connectivity index (χ2v) is 16.5. The van der Waals surface area contributed by atoms with Crippen molar-refractivity contribution in [3.05, 3.63) is 97.1 Å². The van der Waals surface area contributed by atoms with Crippen molar-refractivity contribution in [1.82, 2.24) is 20.0 Å². The number of aromatic hydroxyl groups is 2. The number of carbonyl (C=O) groups is 3. The highest BCUT2D eigenvalue weighted by Crippen LogP contribution is 2.27. The zero-order chi connectivity index (χ0) is 49.6. The van der Waals surface area contributed by atoms with Gasteiger partial charge in [-0.15, -0.1) is 0 Å². The van der Waals surface area contributed by atoms with Gasteiger partial charge in [-0.25, -0.2) is 9.59 Å². The van der Waals surface area contributed by atoms with Crippen LogP contribution in [0.25, 0.3) is 0 Å². The van der Waals surface area contributed by atoms with Crippen LogP contribution in [0, 0.1) is 0 Å². The van der Waals surface area contributed by atoms with Gasteiger partial charge in [0.1, 0.15) is 17.3 Å². The number of phenolic OH excluding ortho intramolecular Hbond substituents is 2. The zero-order valence-electron chi connectivity index (χ0n) is 43.0. The summed E-state index contributed by atoms with van der Waals surface area (Å²) in [5.74, 6) is 1.27. The number of anilines is 6. The Morgan fingerprint density at radius 3 is 1.09 bits per heavy atom. The number of nitrogens with one attached hydrogen (secondary N) is 1. The molecule has 4 amide bonds. The second kappa shape index (κ2) is 28.0. The Kier molecular flexibility index (Phi) is 22.2. The Morgan fingerprint density at radius 2 is 0.833 bits per heavy atom. The first-order valence-electron chi connectivity index (χ1n) is 23.3. The summed E-state index contributed by atoms with van der Waals surface area (Å²) in [6, 6.07) is 31.9. The molecule has 15 heteroatoms. The molecule has 0 unspecified atom stereocenters. The van der Waals surface area contributed by atoms with Gasteiger partial charge in [-0.2, -0.15) is 0 Å². The van der Waals surface area contributed by atoms with Crippen LogP contribution >= 0.6 is 0 Å². The van der Waals surface area contributed by atoms with E-state index < -0.39 is 0 Å². The summed E-state index contributed by atoms with van der Waals surface area (Å²) in [7, 11) is 11.1. The molecule has 0 aliphatic carbocycles. The summed E-state index contributed by atoms with van der Waals surface area (Å²) in [6.45, 7) is 19.8. The number of amides is 4. The largest absolute Gasteiger partial charge is 0.508 e. The van der Waals surface area contributed by atoms with E-state index in [0.29, 0.717) is 30.9 Å². The van der Waals surface area contributed by atoms with Gasteiger partial charge < -0.3 is 49.7 Å². The highest BCUT2D eigenvalue weighted by molar-refractivity contribution is 5.92.